The van der Waals surface area contributed by atoms with Crippen molar-refractivity contribution in [3.05, 3.63) is 65.2 Å². The molecule has 0 unspecified atom stereocenters. The number of hydrogen-bond donors (Lipinski definition) is 0. The highest BCUT2D eigenvalue weighted by atomic mass is 32.1. The SMILES string of the molecule is COc1cc(CN(Cc2csc(-c3ccccc3)n2)C2CC2)ccc1OC(F)F. The Morgan fingerprint density at radius 2 is 1.90 bits per heavy atom. The number of rotatable bonds is 9. The number of benzene rings is 2. The van der Waals surface area contributed by atoms with Gasteiger partial charge in [0, 0.05) is 30.1 Å². The van der Waals surface area contributed by atoms with Gasteiger partial charge < -0.3 is 9.47 Å². The largest absolute Gasteiger partial charge is 0.493 e. The quantitative estimate of drug-likeness (QED) is 0.456. The normalized spacial score (nSPS) is 13.8. The fourth-order valence-corrected chi connectivity index (χ4v) is 4.11. The van der Waals surface area contributed by atoms with E-state index in [1.54, 1.807) is 23.5 Å². The van der Waals surface area contributed by atoms with Gasteiger partial charge in [0.05, 0.1) is 12.8 Å². The van der Waals surface area contributed by atoms with E-state index < -0.39 is 6.61 Å². The molecule has 0 aliphatic heterocycles. The summed E-state index contributed by atoms with van der Waals surface area (Å²) in [5, 5.41) is 3.13. The predicted octanol–water partition coefficient (Wildman–Crippen LogP) is 5.58. The second-order valence-corrected chi connectivity index (χ2v) is 7.87. The molecule has 4 nitrogen and oxygen atoms in total. The van der Waals surface area contributed by atoms with Crippen LogP contribution in [0.25, 0.3) is 10.6 Å². The van der Waals surface area contributed by atoms with Gasteiger partial charge in [-0.05, 0) is 30.5 Å². The van der Waals surface area contributed by atoms with Crippen LogP contribution >= 0.6 is 11.3 Å². The van der Waals surface area contributed by atoms with Crippen LogP contribution in [0.1, 0.15) is 24.1 Å². The van der Waals surface area contributed by atoms with E-state index in [1.165, 1.54) is 20.0 Å². The van der Waals surface area contributed by atoms with Gasteiger partial charge >= 0.3 is 6.61 Å². The Morgan fingerprint density at radius 1 is 1.10 bits per heavy atom. The number of ether oxygens (including phenoxy) is 2. The molecule has 3 aromatic rings. The maximum Gasteiger partial charge on any atom is 0.387 e. The minimum atomic E-state index is -2.87. The molecule has 0 N–H and O–H groups in total. The van der Waals surface area contributed by atoms with E-state index in [0.29, 0.717) is 18.3 Å². The second-order valence-electron chi connectivity index (χ2n) is 7.01. The molecular formula is C22H22F2N2O2S. The average Bonchev–Trinajstić information content (AvgIpc) is 3.47. The van der Waals surface area contributed by atoms with Crippen molar-refractivity contribution in [3.63, 3.8) is 0 Å². The summed E-state index contributed by atoms with van der Waals surface area (Å²) in [6.45, 7) is -1.42. The fourth-order valence-electron chi connectivity index (χ4n) is 3.29. The van der Waals surface area contributed by atoms with Gasteiger partial charge in [-0.25, -0.2) is 4.98 Å². The van der Waals surface area contributed by atoms with Gasteiger partial charge in [-0.1, -0.05) is 36.4 Å². The first-order chi connectivity index (χ1) is 14.1. The number of halogens is 2. The molecule has 1 aliphatic carbocycles. The van der Waals surface area contributed by atoms with Crippen LogP contribution in [0, 0.1) is 0 Å². The molecule has 0 bridgehead atoms. The van der Waals surface area contributed by atoms with Crippen molar-refractivity contribution < 1.29 is 18.3 Å². The first kappa shape index (κ1) is 19.8. The summed E-state index contributed by atoms with van der Waals surface area (Å²) >= 11 is 1.65. The third-order valence-electron chi connectivity index (χ3n) is 4.83. The van der Waals surface area contributed by atoms with Gasteiger partial charge in [-0.2, -0.15) is 8.78 Å². The topological polar surface area (TPSA) is 34.6 Å². The minimum absolute atomic E-state index is 0.0521. The Labute approximate surface area is 172 Å². The fraction of sp³-hybridized carbons (Fsp3) is 0.318. The first-order valence-corrected chi connectivity index (χ1v) is 10.4. The van der Waals surface area contributed by atoms with E-state index in [9.17, 15) is 8.78 Å². The highest BCUT2D eigenvalue weighted by Gasteiger charge is 2.29. The zero-order chi connectivity index (χ0) is 20.2. The number of alkyl halides is 2. The number of thiazole rings is 1. The summed E-state index contributed by atoms with van der Waals surface area (Å²) in [6, 6.07) is 15.8. The summed E-state index contributed by atoms with van der Waals surface area (Å²) in [7, 11) is 1.45. The summed E-state index contributed by atoms with van der Waals surface area (Å²) in [5.41, 5.74) is 3.17. The van der Waals surface area contributed by atoms with Gasteiger partial charge in [0.1, 0.15) is 5.01 Å². The lowest BCUT2D eigenvalue weighted by atomic mass is 10.1. The van der Waals surface area contributed by atoms with Gasteiger partial charge in [-0.3, -0.25) is 4.90 Å². The number of hydrogen-bond acceptors (Lipinski definition) is 5. The lowest BCUT2D eigenvalue weighted by molar-refractivity contribution is -0.0512. The van der Waals surface area contributed by atoms with Gasteiger partial charge in [0.2, 0.25) is 0 Å². The van der Waals surface area contributed by atoms with Crippen molar-refractivity contribution in [2.24, 2.45) is 0 Å². The van der Waals surface area contributed by atoms with Crippen LogP contribution in [-0.2, 0) is 13.1 Å². The Hall–Kier alpha value is -2.51. The summed E-state index contributed by atoms with van der Waals surface area (Å²) in [6.07, 6.45) is 2.33. The Kier molecular flexibility index (Phi) is 6.06. The number of methoxy groups -OCH3 is 1. The van der Waals surface area contributed by atoms with Crippen molar-refractivity contribution >= 4 is 11.3 Å². The van der Waals surface area contributed by atoms with E-state index in [4.69, 9.17) is 9.72 Å². The van der Waals surface area contributed by atoms with Crippen molar-refractivity contribution in [2.75, 3.05) is 7.11 Å². The molecule has 0 atom stereocenters. The van der Waals surface area contributed by atoms with Crippen LogP contribution in [0.2, 0.25) is 0 Å². The number of nitrogens with zero attached hydrogens (tertiary/aromatic N) is 2. The summed E-state index contributed by atoms with van der Waals surface area (Å²) < 4.78 is 34.8. The molecule has 7 heteroatoms. The highest BCUT2D eigenvalue weighted by Crippen LogP contribution is 2.34. The molecule has 1 fully saturated rings. The molecule has 1 aromatic heterocycles. The third kappa shape index (κ3) is 5.10. The van der Waals surface area contributed by atoms with E-state index in [2.05, 4.69) is 27.1 Å². The van der Waals surface area contributed by atoms with Crippen LogP contribution in [-0.4, -0.2) is 29.6 Å². The van der Waals surface area contributed by atoms with Crippen molar-refractivity contribution in [2.45, 2.75) is 38.6 Å². The molecule has 1 heterocycles. The second kappa shape index (κ2) is 8.88. The highest BCUT2D eigenvalue weighted by molar-refractivity contribution is 7.13. The zero-order valence-corrected chi connectivity index (χ0v) is 16.9. The van der Waals surface area contributed by atoms with E-state index >= 15 is 0 Å². The lowest BCUT2D eigenvalue weighted by Crippen LogP contribution is -2.25. The Morgan fingerprint density at radius 3 is 2.59 bits per heavy atom. The smallest absolute Gasteiger partial charge is 0.387 e. The van der Waals surface area contributed by atoms with Gasteiger partial charge in [-0.15, -0.1) is 11.3 Å². The maximum atomic E-state index is 12.5. The summed E-state index contributed by atoms with van der Waals surface area (Å²) in [5.74, 6) is 0.370. The molecule has 0 saturated heterocycles. The Bertz CT molecular complexity index is 945. The molecule has 152 valence electrons. The average molecular weight is 416 g/mol. The number of aromatic nitrogens is 1. The molecule has 4 rings (SSSR count). The third-order valence-corrected chi connectivity index (χ3v) is 5.77. The van der Waals surface area contributed by atoms with Crippen LogP contribution in [0.15, 0.2) is 53.9 Å². The molecule has 1 saturated carbocycles. The first-order valence-electron chi connectivity index (χ1n) is 9.48. The summed E-state index contributed by atoms with van der Waals surface area (Å²) in [4.78, 5) is 7.18. The van der Waals surface area contributed by atoms with Crippen LogP contribution < -0.4 is 9.47 Å². The molecule has 0 amide bonds. The van der Waals surface area contributed by atoms with Gasteiger partial charge in [0.25, 0.3) is 0 Å². The molecule has 0 radical (unpaired) electrons. The van der Waals surface area contributed by atoms with E-state index in [-0.39, 0.29) is 5.75 Å². The van der Waals surface area contributed by atoms with Gasteiger partial charge in [0.15, 0.2) is 11.5 Å². The molecule has 2 aromatic carbocycles. The van der Waals surface area contributed by atoms with E-state index in [0.717, 1.165) is 28.4 Å². The molecule has 1 aliphatic rings. The van der Waals surface area contributed by atoms with Crippen molar-refractivity contribution in [1.29, 1.82) is 0 Å². The molecular weight excluding hydrogens is 394 g/mol. The van der Waals surface area contributed by atoms with Crippen molar-refractivity contribution in [3.8, 4) is 22.1 Å². The maximum absolute atomic E-state index is 12.5. The zero-order valence-electron chi connectivity index (χ0n) is 16.1. The predicted molar refractivity (Wildman–Crippen MR) is 109 cm³/mol. The molecule has 0 spiro atoms. The van der Waals surface area contributed by atoms with E-state index in [1.807, 2.05) is 24.3 Å². The molecule has 29 heavy (non-hydrogen) atoms. The monoisotopic (exact) mass is 416 g/mol. The standard InChI is InChI=1S/C22H22F2N2O2S/c1-27-20-11-15(7-10-19(20)28-22(23)24)12-26(18-8-9-18)13-17-14-29-21(25-17)16-5-3-2-4-6-16/h2-7,10-11,14,18,22H,8-9,12-13H2,1H3. The lowest BCUT2D eigenvalue weighted by Gasteiger charge is -2.21. The van der Waals surface area contributed by atoms with Crippen molar-refractivity contribution in [1.82, 2.24) is 9.88 Å². The minimum Gasteiger partial charge on any atom is -0.493 e. The van der Waals surface area contributed by atoms with Crippen LogP contribution in [0.4, 0.5) is 8.78 Å². The van der Waals surface area contributed by atoms with Crippen LogP contribution in [0.5, 0.6) is 11.5 Å². The Balaban J connectivity index is 1.47. The van der Waals surface area contributed by atoms with Crippen LogP contribution in [0.3, 0.4) is 0 Å².